The molecule has 4 fully saturated rings. The summed E-state index contributed by atoms with van der Waals surface area (Å²) in [5, 5.41) is 8.65. The van der Waals surface area contributed by atoms with Crippen LogP contribution in [0.25, 0.3) is 10.9 Å². The monoisotopic (exact) mass is 434 g/mol. The highest BCUT2D eigenvalue weighted by molar-refractivity contribution is 5.78. The van der Waals surface area contributed by atoms with Gasteiger partial charge in [-0.3, -0.25) is 5.10 Å². The molecule has 1 N–H and O–H groups in total. The van der Waals surface area contributed by atoms with Crippen LogP contribution in [0.1, 0.15) is 97.0 Å². The summed E-state index contributed by atoms with van der Waals surface area (Å²) >= 11 is 0. The summed E-state index contributed by atoms with van der Waals surface area (Å²) in [6, 6.07) is 7.07. The van der Waals surface area contributed by atoms with Gasteiger partial charge in [0.15, 0.2) is 0 Å². The Morgan fingerprint density at radius 2 is 1.78 bits per heavy atom. The van der Waals surface area contributed by atoms with E-state index in [1.807, 2.05) is 6.20 Å². The zero-order chi connectivity index (χ0) is 22.1. The standard InChI is InChI=1S/C29H42N2O/c1-18(2)32-22-11-13-28(3)21(16-22)6-7-23-25-9-8-24(29(25,4)14-12-26(23)28)19-5-10-27-20(15-19)17-30-31-27/h5,10,15,17-18,21-26H,6-9,11-14,16H2,1-4H3,(H,30,31)/t21-,22-,23-,24+,25-,26-,28-,29+/m0/s1. The molecule has 1 aromatic heterocycles. The van der Waals surface area contributed by atoms with Crippen LogP contribution in [0.15, 0.2) is 24.4 Å². The third-order valence-corrected chi connectivity index (χ3v) is 10.9. The topological polar surface area (TPSA) is 37.9 Å². The number of fused-ring (bicyclic) bond motifs is 6. The first kappa shape index (κ1) is 21.2. The first-order valence-corrected chi connectivity index (χ1v) is 13.5. The molecule has 174 valence electrons. The first-order valence-electron chi connectivity index (χ1n) is 13.5. The molecule has 1 heterocycles. The van der Waals surface area contributed by atoms with E-state index in [4.69, 9.17) is 4.74 Å². The molecule has 0 amide bonds. The Morgan fingerprint density at radius 1 is 0.969 bits per heavy atom. The largest absolute Gasteiger partial charge is 0.376 e. The van der Waals surface area contributed by atoms with Crippen LogP contribution in [-0.4, -0.2) is 22.4 Å². The Hall–Kier alpha value is -1.35. The third-order valence-electron chi connectivity index (χ3n) is 10.9. The summed E-state index contributed by atoms with van der Waals surface area (Å²) < 4.78 is 6.29. The van der Waals surface area contributed by atoms with Crippen molar-refractivity contribution < 1.29 is 4.74 Å². The number of hydrogen-bond acceptors (Lipinski definition) is 2. The molecular formula is C29H42N2O. The number of aromatic nitrogens is 2. The number of H-pyrrole nitrogens is 1. The van der Waals surface area contributed by atoms with E-state index in [-0.39, 0.29) is 0 Å². The molecule has 0 bridgehead atoms. The predicted octanol–water partition coefficient (Wildman–Crippen LogP) is 7.48. The predicted molar refractivity (Wildman–Crippen MR) is 131 cm³/mol. The fraction of sp³-hybridized carbons (Fsp3) is 0.759. The van der Waals surface area contributed by atoms with E-state index in [0.717, 1.165) is 23.7 Å². The summed E-state index contributed by atoms with van der Waals surface area (Å²) in [7, 11) is 0. The Balaban J connectivity index is 1.24. The second kappa shape index (κ2) is 7.58. The molecule has 0 aliphatic heterocycles. The van der Waals surface area contributed by atoms with Gasteiger partial charge in [-0.1, -0.05) is 19.9 Å². The van der Waals surface area contributed by atoms with Crippen molar-refractivity contribution in [2.24, 2.45) is 34.5 Å². The molecule has 3 nitrogen and oxygen atoms in total. The molecule has 0 radical (unpaired) electrons. The maximum absolute atomic E-state index is 6.29. The van der Waals surface area contributed by atoms with Gasteiger partial charge >= 0.3 is 0 Å². The molecule has 6 rings (SSSR count). The lowest BCUT2D eigenvalue weighted by Crippen LogP contribution is -2.54. The van der Waals surface area contributed by atoms with Crippen LogP contribution in [-0.2, 0) is 4.74 Å². The molecule has 32 heavy (non-hydrogen) atoms. The lowest BCUT2D eigenvalue weighted by Gasteiger charge is -2.61. The van der Waals surface area contributed by atoms with Gasteiger partial charge in [-0.2, -0.15) is 5.10 Å². The molecule has 0 saturated heterocycles. The zero-order valence-electron chi connectivity index (χ0n) is 20.6. The zero-order valence-corrected chi connectivity index (χ0v) is 20.6. The maximum Gasteiger partial charge on any atom is 0.0650 e. The van der Waals surface area contributed by atoms with Gasteiger partial charge in [0.05, 0.1) is 23.9 Å². The number of ether oxygens (including phenoxy) is 1. The van der Waals surface area contributed by atoms with Crippen molar-refractivity contribution in [1.82, 2.24) is 10.2 Å². The Kier molecular flexibility index (Phi) is 5.02. The average Bonchev–Trinajstić information content (AvgIpc) is 3.36. The van der Waals surface area contributed by atoms with Crippen LogP contribution in [0.2, 0.25) is 0 Å². The lowest BCUT2D eigenvalue weighted by atomic mass is 9.44. The number of hydrogen-bond donors (Lipinski definition) is 1. The van der Waals surface area contributed by atoms with Gasteiger partial charge in [0.25, 0.3) is 0 Å². The van der Waals surface area contributed by atoms with Crippen LogP contribution >= 0.6 is 0 Å². The van der Waals surface area contributed by atoms with Gasteiger partial charge < -0.3 is 4.74 Å². The number of nitrogens with zero attached hydrogens (tertiary/aromatic N) is 1. The quantitative estimate of drug-likeness (QED) is 0.543. The van der Waals surface area contributed by atoms with Gasteiger partial charge in [-0.15, -0.1) is 0 Å². The molecule has 0 unspecified atom stereocenters. The van der Waals surface area contributed by atoms with Crippen molar-refractivity contribution >= 4 is 10.9 Å². The number of aromatic amines is 1. The van der Waals surface area contributed by atoms with E-state index < -0.39 is 0 Å². The molecule has 4 aliphatic rings. The molecule has 4 saturated carbocycles. The van der Waals surface area contributed by atoms with Gasteiger partial charge in [0.1, 0.15) is 0 Å². The van der Waals surface area contributed by atoms with E-state index in [1.165, 1.54) is 68.7 Å². The van der Waals surface area contributed by atoms with Crippen molar-refractivity contribution in [2.45, 2.75) is 104 Å². The number of rotatable bonds is 3. The molecule has 0 spiro atoms. The van der Waals surface area contributed by atoms with Gasteiger partial charge in [0.2, 0.25) is 0 Å². The highest BCUT2D eigenvalue weighted by atomic mass is 16.5. The molecule has 1 aromatic carbocycles. The molecule has 2 aromatic rings. The highest BCUT2D eigenvalue weighted by Crippen LogP contribution is 2.69. The van der Waals surface area contributed by atoms with E-state index in [0.29, 0.717) is 29.0 Å². The lowest BCUT2D eigenvalue weighted by molar-refractivity contribution is -0.137. The Labute approximate surface area is 194 Å². The number of benzene rings is 1. The van der Waals surface area contributed by atoms with Crippen molar-refractivity contribution in [3.8, 4) is 0 Å². The highest BCUT2D eigenvalue weighted by Gasteiger charge is 2.60. The maximum atomic E-state index is 6.29. The van der Waals surface area contributed by atoms with Gasteiger partial charge in [-0.25, -0.2) is 0 Å². The van der Waals surface area contributed by atoms with E-state index >= 15 is 0 Å². The molecule has 8 atom stereocenters. The minimum atomic E-state index is 0.368. The van der Waals surface area contributed by atoms with Gasteiger partial charge in [0, 0.05) is 5.39 Å². The Morgan fingerprint density at radius 3 is 2.62 bits per heavy atom. The van der Waals surface area contributed by atoms with Crippen LogP contribution in [0, 0.1) is 34.5 Å². The second-order valence-corrected chi connectivity index (χ2v) is 12.6. The third kappa shape index (κ3) is 3.13. The van der Waals surface area contributed by atoms with Crippen molar-refractivity contribution in [3.05, 3.63) is 30.0 Å². The Bertz CT molecular complexity index is 980. The van der Waals surface area contributed by atoms with Crippen LogP contribution in [0.3, 0.4) is 0 Å². The second-order valence-electron chi connectivity index (χ2n) is 12.6. The van der Waals surface area contributed by atoms with E-state index in [9.17, 15) is 0 Å². The summed E-state index contributed by atoms with van der Waals surface area (Å²) in [6.45, 7) is 9.75. The fourth-order valence-corrected chi connectivity index (χ4v) is 9.45. The minimum Gasteiger partial charge on any atom is -0.376 e. The SMILES string of the molecule is CC(C)O[C@H]1CC[C@@]2(C)[C@@H](CC[C@@H]3[C@@H]2CC[C@]2(C)[C@@H](c4ccc5[nH]ncc5c4)CC[C@@H]32)C1. The normalized spacial score (nSPS) is 43.8. The van der Waals surface area contributed by atoms with Gasteiger partial charge in [-0.05, 0) is 130 Å². The summed E-state index contributed by atoms with van der Waals surface area (Å²) in [6.07, 6.45) is 15.4. The van der Waals surface area contributed by atoms with Crippen molar-refractivity contribution in [1.29, 1.82) is 0 Å². The van der Waals surface area contributed by atoms with E-state index in [1.54, 1.807) is 5.56 Å². The van der Waals surface area contributed by atoms with E-state index in [2.05, 4.69) is 56.1 Å². The number of nitrogens with one attached hydrogen (secondary N) is 1. The molecular weight excluding hydrogens is 392 g/mol. The summed E-state index contributed by atoms with van der Waals surface area (Å²) in [5.41, 5.74) is 3.75. The average molecular weight is 435 g/mol. The fourth-order valence-electron chi connectivity index (χ4n) is 9.45. The smallest absolute Gasteiger partial charge is 0.0650 e. The summed E-state index contributed by atoms with van der Waals surface area (Å²) in [5.74, 6) is 4.39. The van der Waals surface area contributed by atoms with Crippen LogP contribution in [0.5, 0.6) is 0 Å². The van der Waals surface area contributed by atoms with Crippen LogP contribution in [0.4, 0.5) is 0 Å². The first-order chi connectivity index (χ1) is 15.4. The van der Waals surface area contributed by atoms with Crippen molar-refractivity contribution in [2.75, 3.05) is 0 Å². The van der Waals surface area contributed by atoms with Crippen LogP contribution < -0.4 is 0 Å². The summed E-state index contributed by atoms with van der Waals surface area (Å²) in [4.78, 5) is 0. The molecule has 4 aliphatic carbocycles. The molecule has 3 heteroatoms. The van der Waals surface area contributed by atoms with Crippen molar-refractivity contribution in [3.63, 3.8) is 0 Å². The minimum absolute atomic E-state index is 0.368.